The molecule has 2 nitrogen and oxygen atoms in total. The normalized spacial score (nSPS) is 15.2. The molecule has 0 atom stereocenters. The van der Waals surface area contributed by atoms with Crippen molar-refractivity contribution in [2.45, 2.75) is 25.7 Å². The van der Waals surface area contributed by atoms with Crippen LogP contribution in [0.1, 0.15) is 25.7 Å². The van der Waals surface area contributed by atoms with Crippen LogP contribution >= 0.6 is 11.6 Å². The van der Waals surface area contributed by atoms with E-state index in [1.54, 1.807) is 0 Å². The van der Waals surface area contributed by atoms with Crippen LogP contribution in [0.4, 0.5) is 5.69 Å². The molecule has 0 radical (unpaired) electrons. The van der Waals surface area contributed by atoms with Crippen molar-refractivity contribution in [2.24, 2.45) is 0 Å². The van der Waals surface area contributed by atoms with Gasteiger partial charge < -0.3 is 9.64 Å². The predicted molar refractivity (Wildman–Crippen MR) is 73.3 cm³/mol. The second-order valence-corrected chi connectivity index (χ2v) is 4.81. The van der Waals surface area contributed by atoms with Crippen molar-refractivity contribution in [1.29, 1.82) is 0 Å². The molecule has 1 saturated heterocycles. The molecular formula is C14H20ClNO. The highest BCUT2D eigenvalue weighted by atomic mass is 35.5. The zero-order valence-electron chi connectivity index (χ0n) is 10.2. The summed E-state index contributed by atoms with van der Waals surface area (Å²) in [5, 5.41) is 0. The van der Waals surface area contributed by atoms with Crippen molar-refractivity contribution in [3.8, 4) is 5.75 Å². The maximum absolute atomic E-state index is 5.72. The van der Waals surface area contributed by atoms with Crippen molar-refractivity contribution in [3.05, 3.63) is 24.3 Å². The van der Waals surface area contributed by atoms with Crippen molar-refractivity contribution < 1.29 is 4.74 Å². The number of ether oxygens (including phenoxy) is 1. The highest BCUT2D eigenvalue weighted by Gasteiger charge is 2.12. The molecule has 2 rings (SSSR count). The number of nitrogens with zero attached hydrogens (tertiary/aromatic N) is 1. The Bertz CT molecular complexity index is 337. The summed E-state index contributed by atoms with van der Waals surface area (Å²) in [5.74, 6) is 1.70. The predicted octanol–water partition coefficient (Wildman–Crippen LogP) is 3.68. The monoisotopic (exact) mass is 253 g/mol. The minimum Gasteiger partial charge on any atom is -0.494 e. The van der Waals surface area contributed by atoms with Crippen LogP contribution in [0.2, 0.25) is 0 Å². The van der Waals surface area contributed by atoms with Crippen LogP contribution in [0, 0.1) is 0 Å². The van der Waals surface area contributed by atoms with E-state index in [0.717, 1.165) is 31.1 Å². The molecule has 1 heterocycles. The summed E-state index contributed by atoms with van der Waals surface area (Å²) < 4.78 is 5.72. The third-order valence-corrected chi connectivity index (χ3v) is 3.35. The SMILES string of the molecule is ClCCCCOc1cccc(N2CCCC2)c1. The van der Waals surface area contributed by atoms with Crippen molar-refractivity contribution >= 4 is 17.3 Å². The highest BCUT2D eigenvalue weighted by Crippen LogP contribution is 2.24. The van der Waals surface area contributed by atoms with E-state index < -0.39 is 0 Å². The van der Waals surface area contributed by atoms with Gasteiger partial charge in [0, 0.05) is 30.7 Å². The molecule has 0 amide bonds. The van der Waals surface area contributed by atoms with Crippen LogP contribution in [0.25, 0.3) is 0 Å². The molecule has 0 aliphatic carbocycles. The minimum absolute atomic E-state index is 0.719. The Hall–Kier alpha value is -0.890. The number of alkyl halides is 1. The molecule has 1 aliphatic rings. The molecule has 0 bridgehead atoms. The van der Waals surface area contributed by atoms with E-state index in [0.29, 0.717) is 0 Å². The van der Waals surface area contributed by atoms with Crippen LogP contribution in [0.15, 0.2) is 24.3 Å². The summed E-state index contributed by atoms with van der Waals surface area (Å²) in [4.78, 5) is 2.42. The Morgan fingerprint density at radius 1 is 1.18 bits per heavy atom. The Morgan fingerprint density at radius 3 is 2.76 bits per heavy atom. The van der Waals surface area contributed by atoms with E-state index in [-0.39, 0.29) is 0 Å². The maximum atomic E-state index is 5.72. The Morgan fingerprint density at radius 2 is 2.00 bits per heavy atom. The van der Waals surface area contributed by atoms with Crippen LogP contribution in [-0.2, 0) is 0 Å². The van der Waals surface area contributed by atoms with Crippen molar-refractivity contribution in [1.82, 2.24) is 0 Å². The van der Waals surface area contributed by atoms with Gasteiger partial charge in [0.25, 0.3) is 0 Å². The number of halogens is 1. The van der Waals surface area contributed by atoms with Gasteiger partial charge >= 0.3 is 0 Å². The van der Waals surface area contributed by atoms with Gasteiger partial charge in [0.15, 0.2) is 0 Å². The van der Waals surface area contributed by atoms with Gasteiger partial charge in [-0.3, -0.25) is 0 Å². The molecule has 0 aromatic heterocycles. The van der Waals surface area contributed by atoms with E-state index in [9.17, 15) is 0 Å². The van der Waals surface area contributed by atoms with Crippen LogP contribution in [0.3, 0.4) is 0 Å². The van der Waals surface area contributed by atoms with E-state index in [2.05, 4.69) is 23.1 Å². The first-order valence-electron chi connectivity index (χ1n) is 6.44. The standard InChI is InChI=1S/C14H20ClNO/c15-8-1-4-11-17-14-7-5-6-13(12-14)16-9-2-3-10-16/h5-7,12H,1-4,8-11H2. The second kappa shape index (κ2) is 6.75. The smallest absolute Gasteiger partial charge is 0.121 e. The number of rotatable bonds is 6. The van der Waals surface area contributed by atoms with Gasteiger partial charge in [-0.25, -0.2) is 0 Å². The molecule has 1 fully saturated rings. The molecule has 0 N–H and O–H groups in total. The van der Waals surface area contributed by atoms with Crippen LogP contribution in [-0.4, -0.2) is 25.6 Å². The average Bonchev–Trinajstić information content (AvgIpc) is 2.89. The summed E-state index contributed by atoms with van der Waals surface area (Å²) in [6.07, 6.45) is 4.66. The summed E-state index contributed by atoms with van der Waals surface area (Å²) in [7, 11) is 0. The maximum Gasteiger partial charge on any atom is 0.121 e. The van der Waals surface area contributed by atoms with Gasteiger partial charge in [-0.1, -0.05) is 6.07 Å². The molecule has 94 valence electrons. The fraction of sp³-hybridized carbons (Fsp3) is 0.571. The quantitative estimate of drug-likeness (QED) is 0.566. The number of benzene rings is 1. The first-order chi connectivity index (χ1) is 8.40. The Balaban J connectivity index is 1.87. The molecule has 0 spiro atoms. The largest absolute Gasteiger partial charge is 0.494 e. The second-order valence-electron chi connectivity index (χ2n) is 4.44. The lowest BCUT2D eigenvalue weighted by Crippen LogP contribution is -2.17. The highest BCUT2D eigenvalue weighted by molar-refractivity contribution is 6.17. The number of anilines is 1. The molecule has 17 heavy (non-hydrogen) atoms. The Labute approximate surface area is 109 Å². The van der Waals surface area contributed by atoms with E-state index in [1.807, 2.05) is 6.07 Å². The minimum atomic E-state index is 0.719. The number of hydrogen-bond acceptors (Lipinski definition) is 2. The lowest BCUT2D eigenvalue weighted by Gasteiger charge is -2.18. The molecule has 3 heteroatoms. The third-order valence-electron chi connectivity index (χ3n) is 3.09. The zero-order valence-corrected chi connectivity index (χ0v) is 11.0. The lowest BCUT2D eigenvalue weighted by atomic mass is 10.3. The summed E-state index contributed by atoms with van der Waals surface area (Å²) in [5.41, 5.74) is 1.29. The summed E-state index contributed by atoms with van der Waals surface area (Å²) >= 11 is 5.63. The van der Waals surface area contributed by atoms with Crippen molar-refractivity contribution in [2.75, 3.05) is 30.5 Å². The molecule has 0 saturated carbocycles. The topological polar surface area (TPSA) is 12.5 Å². The van der Waals surface area contributed by atoms with Crippen LogP contribution < -0.4 is 9.64 Å². The number of unbranched alkanes of at least 4 members (excludes halogenated alkanes) is 1. The molecule has 1 aliphatic heterocycles. The van der Waals surface area contributed by atoms with Gasteiger partial charge in [-0.15, -0.1) is 11.6 Å². The molecule has 1 aromatic carbocycles. The van der Waals surface area contributed by atoms with Gasteiger partial charge in [0.1, 0.15) is 5.75 Å². The van der Waals surface area contributed by atoms with Crippen LogP contribution in [0.5, 0.6) is 5.75 Å². The number of hydrogen-bond donors (Lipinski definition) is 0. The molecule has 0 unspecified atom stereocenters. The fourth-order valence-corrected chi connectivity index (χ4v) is 2.32. The third kappa shape index (κ3) is 3.81. The lowest BCUT2D eigenvalue weighted by molar-refractivity contribution is 0.310. The average molecular weight is 254 g/mol. The molecular weight excluding hydrogens is 234 g/mol. The summed E-state index contributed by atoms with van der Waals surface area (Å²) in [6.45, 7) is 3.11. The van der Waals surface area contributed by atoms with Gasteiger partial charge in [0.2, 0.25) is 0 Å². The zero-order chi connectivity index (χ0) is 11.9. The van der Waals surface area contributed by atoms with Gasteiger partial charge in [-0.2, -0.15) is 0 Å². The summed E-state index contributed by atoms with van der Waals surface area (Å²) in [6, 6.07) is 8.41. The van der Waals surface area contributed by atoms with Gasteiger partial charge in [0.05, 0.1) is 6.61 Å². The van der Waals surface area contributed by atoms with E-state index >= 15 is 0 Å². The first kappa shape index (κ1) is 12.6. The molecule has 1 aromatic rings. The van der Waals surface area contributed by atoms with Gasteiger partial charge in [-0.05, 0) is 37.8 Å². The van der Waals surface area contributed by atoms with Crippen molar-refractivity contribution in [3.63, 3.8) is 0 Å². The fourth-order valence-electron chi connectivity index (χ4n) is 2.13. The Kier molecular flexibility index (Phi) is 4.99. The first-order valence-corrected chi connectivity index (χ1v) is 6.97. The van der Waals surface area contributed by atoms with E-state index in [1.165, 1.54) is 31.6 Å². The van der Waals surface area contributed by atoms with E-state index in [4.69, 9.17) is 16.3 Å².